The van der Waals surface area contributed by atoms with Crippen LogP contribution in [0.2, 0.25) is 0 Å². The maximum atomic E-state index is 13.9. The first kappa shape index (κ1) is 20.7. The molecule has 0 bridgehead atoms. The SMILES string of the molecule is CCC1CCC(Cn2nc(C)c(C3=CCC(F)C(Cl)=C3)c2C2C=CC=CC2)CC1. The van der Waals surface area contributed by atoms with E-state index in [0.717, 1.165) is 35.7 Å². The molecule has 0 amide bonds. The van der Waals surface area contributed by atoms with E-state index in [-0.39, 0.29) is 0 Å². The molecule has 4 heteroatoms. The van der Waals surface area contributed by atoms with Gasteiger partial charge in [-0.1, -0.05) is 68.2 Å². The number of nitrogens with zero attached hydrogens (tertiary/aromatic N) is 2. The topological polar surface area (TPSA) is 17.8 Å². The van der Waals surface area contributed by atoms with E-state index in [1.165, 1.54) is 37.8 Å². The number of hydrogen-bond acceptors (Lipinski definition) is 1. The Labute approximate surface area is 179 Å². The van der Waals surface area contributed by atoms with Crippen molar-refractivity contribution in [2.24, 2.45) is 11.8 Å². The lowest BCUT2D eigenvalue weighted by Gasteiger charge is -2.29. The van der Waals surface area contributed by atoms with Gasteiger partial charge < -0.3 is 0 Å². The molecule has 0 radical (unpaired) electrons. The molecule has 2 nitrogen and oxygen atoms in total. The number of halogens is 2. The summed E-state index contributed by atoms with van der Waals surface area (Å²) in [5.74, 6) is 1.90. The molecule has 0 aliphatic heterocycles. The Hall–Kier alpha value is -1.61. The van der Waals surface area contributed by atoms with Crippen molar-refractivity contribution in [3.05, 3.63) is 58.4 Å². The van der Waals surface area contributed by atoms with E-state index < -0.39 is 6.17 Å². The molecule has 3 aliphatic rings. The molecule has 0 N–H and O–H groups in total. The summed E-state index contributed by atoms with van der Waals surface area (Å²) in [5, 5.41) is 5.29. The van der Waals surface area contributed by atoms with Crippen molar-refractivity contribution in [3.8, 4) is 0 Å². The lowest BCUT2D eigenvalue weighted by molar-refractivity contribution is 0.239. The number of rotatable bonds is 5. The molecule has 0 aromatic carbocycles. The van der Waals surface area contributed by atoms with Crippen LogP contribution in [0.4, 0.5) is 4.39 Å². The van der Waals surface area contributed by atoms with Crippen LogP contribution in [0, 0.1) is 18.8 Å². The standard InChI is InChI=1S/C25H32ClFN2/c1-3-18-9-11-19(12-10-18)16-29-25(20-7-5-4-6-8-20)24(17(2)28-29)21-13-14-23(27)22(26)15-21/h4-7,13,15,18-20,23H,3,8-12,14,16H2,1-2H3. The van der Waals surface area contributed by atoms with Crippen LogP contribution in [-0.2, 0) is 6.54 Å². The monoisotopic (exact) mass is 414 g/mol. The molecule has 156 valence electrons. The number of allylic oxidation sites excluding steroid dienone is 8. The molecule has 1 saturated carbocycles. The van der Waals surface area contributed by atoms with E-state index in [9.17, 15) is 4.39 Å². The molecule has 2 unspecified atom stereocenters. The zero-order valence-corrected chi connectivity index (χ0v) is 18.3. The van der Waals surface area contributed by atoms with Crippen LogP contribution in [0.25, 0.3) is 5.57 Å². The second-order valence-corrected chi connectivity index (χ2v) is 9.31. The predicted molar refractivity (Wildman–Crippen MR) is 120 cm³/mol. The minimum Gasteiger partial charge on any atom is -0.268 e. The van der Waals surface area contributed by atoms with Crippen molar-refractivity contribution in [1.29, 1.82) is 0 Å². The van der Waals surface area contributed by atoms with E-state index in [4.69, 9.17) is 16.7 Å². The van der Waals surface area contributed by atoms with E-state index in [1.807, 2.05) is 12.2 Å². The van der Waals surface area contributed by atoms with Crippen LogP contribution in [0.15, 0.2) is 41.5 Å². The van der Waals surface area contributed by atoms with Crippen LogP contribution in [0.3, 0.4) is 0 Å². The molecule has 1 heterocycles. The lowest BCUT2D eigenvalue weighted by atomic mass is 9.80. The van der Waals surface area contributed by atoms with Crippen molar-refractivity contribution in [3.63, 3.8) is 0 Å². The molecular formula is C25H32ClFN2. The van der Waals surface area contributed by atoms with Gasteiger partial charge in [0.2, 0.25) is 0 Å². The maximum absolute atomic E-state index is 13.9. The number of aryl methyl sites for hydroxylation is 1. The third-order valence-corrected chi connectivity index (χ3v) is 7.25. The molecular weight excluding hydrogens is 383 g/mol. The Kier molecular flexibility index (Phi) is 6.44. The van der Waals surface area contributed by atoms with Gasteiger partial charge in [0, 0.05) is 24.4 Å². The fourth-order valence-corrected chi connectivity index (χ4v) is 5.34. The minimum atomic E-state index is -1.08. The van der Waals surface area contributed by atoms with Crippen LogP contribution < -0.4 is 0 Å². The van der Waals surface area contributed by atoms with Gasteiger partial charge in [0.05, 0.1) is 16.4 Å². The Morgan fingerprint density at radius 2 is 1.90 bits per heavy atom. The number of alkyl halides is 1. The summed E-state index contributed by atoms with van der Waals surface area (Å²) in [5.41, 5.74) is 4.47. The Morgan fingerprint density at radius 3 is 2.55 bits per heavy atom. The third kappa shape index (κ3) is 4.45. The van der Waals surface area contributed by atoms with Gasteiger partial charge in [-0.25, -0.2) is 4.39 Å². The van der Waals surface area contributed by atoms with Crippen LogP contribution in [0.1, 0.15) is 74.7 Å². The highest BCUT2D eigenvalue weighted by Gasteiger charge is 2.28. The first-order valence-electron chi connectivity index (χ1n) is 11.2. The van der Waals surface area contributed by atoms with E-state index in [1.54, 1.807) is 0 Å². The quantitative estimate of drug-likeness (QED) is 0.495. The van der Waals surface area contributed by atoms with Crippen LogP contribution in [0.5, 0.6) is 0 Å². The summed E-state index contributed by atoms with van der Waals surface area (Å²) in [6.07, 6.45) is 19.4. The first-order chi connectivity index (χ1) is 14.1. The summed E-state index contributed by atoms with van der Waals surface area (Å²) >= 11 is 6.18. The summed E-state index contributed by atoms with van der Waals surface area (Å²) in [6.45, 7) is 5.38. The van der Waals surface area contributed by atoms with Crippen molar-refractivity contribution < 1.29 is 4.39 Å². The molecule has 1 aromatic rings. The van der Waals surface area contributed by atoms with Crippen molar-refractivity contribution >= 4 is 17.2 Å². The van der Waals surface area contributed by atoms with Gasteiger partial charge in [-0.3, -0.25) is 4.68 Å². The van der Waals surface area contributed by atoms with Gasteiger partial charge in [0.1, 0.15) is 6.17 Å². The van der Waals surface area contributed by atoms with Gasteiger partial charge in [0.25, 0.3) is 0 Å². The fraction of sp³-hybridized carbons (Fsp3) is 0.560. The minimum absolute atomic E-state index is 0.303. The Bertz CT molecular complexity index is 852. The zero-order chi connectivity index (χ0) is 20.4. The van der Waals surface area contributed by atoms with Gasteiger partial charge in [0.15, 0.2) is 0 Å². The van der Waals surface area contributed by atoms with Crippen molar-refractivity contribution in [1.82, 2.24) is 9.78 Å². The average Bonchev–Trinajstić information content (AvgIpc) is 3.07. The fourth-order valence-electron chi connectivity index (χ4n) is 5.14. The van der Waals surface area contributed by atoms with Crippen LogP contribution >= 0.6 is 11.6 Å². The molecule has 29 heavy (non-hydrogen) atoms. The summed E-state index contributed by atoms with van der Waals surface area (Å²) in [7, 11) is 0. The van der Waals surface area contributed by atoms with Gasteiger partial charge in [-0.2, -0.15) is 5.10 Å². The molecule has 0 saturated heterocycles. The maximum Gasteiger partial charge on any atom is 0.139 e. The molecule has 0 spiro atoms. The predicted octanol–water partition coefficient (Wildman–Crippen LogP) is 7.26. The molecule has 1 fully saturated rings. The second-order valence-electron chi connectivity index (χ2n) is 8.87. The Morgan fingerprint density at radius 1 is 1.14 bits per heavy atom. The highest BCUT2D eigenvalue weighted by Crippen LogP contribution is 2.39. The van der Waals surface area contributed by atoms with E-state index in [2.05, 4.69) is 42.8 Å². The number of hydrogen-bond donors (Lipinski definition) is 0. The summed E-state index contributed by atoms with van der Waals surface area (Å²) in [6, 6.07) is 0. The third-order valence-electron chi connectivity index (χ3n) is 6.90. The van der Waals surface area contributed by atoms with Crippen LogP contribution in [-0.4, -0.2) is 16.0 Å². The normalized spacial score (nSPS) is 29.7. The van der Waals surface area contributed by atoms with Gasteiger partial charge >= 0.3 is 0 Å². The summed E-state index contributed by atoms with van der Waals surface area (Å²) in [4.78, 5) is 0. The lowest BCUT2D eigenvalue weighted by Crippen LogP contribution is -2.21. The van der Waals surface area contributed by atoms with Gasteiger partial charge in [-0.05, 0) is 49.7 Å². The molecule has 2 atom stereocenters. The largest absolute Gasteiger partial charge is 0.268 e. The number of aromatic nitrogens is 2. The van der Waals surface area contributed by atoms with Gasteiger partial charge in [-0.15, -0.1) is 0 Å². The van der Waals surface area contributed by atoms with Crippen molar-refractivity contribution in [2.45, 2.75) is 77.4 Å². The first-order valence-corrected chi connectivity index (χ1v) is 11.6. The van der Waals surface area contributed by atoms with E-state index in [0.29, 0.717) is 23.3 Å². The highest BCUT2D eigenvalue weighted by molar-refractivity contribution is 6.31. The molecule has 3 aliphatic carbocycles. The average molecular weight is 415 g/mol. The molecule has 4 rings (SSSR count). The smallest absolute Gasteiger partial charge is 0.139 e. The van der Waals surface area contributed by atoms with E-state index >= 15 is 0 Å². The Balaban J connectivity index is 1.67. The zero-order valence-electron chi connectivity index (χ0n) is 17.6. The van der Waals surface area contributed by atoms with Crippen molar-refractivity contribution in [2.75, 3.05) is 0 Å². The summed E-state index contributed by atoms with van der Waals surface area (Å²) < 4.78 is 16.2. The molecule has 1 aromatic heterocycles. The highest BCUT2D eigenvalue weighted by atomic mass is 35.5. The second kappa shape index (κ2) is 9.04.